The van der Waals surface area contributed by atoms with Gasteiger partial charge in [0.2, 0.25) is 7.37 Å². The molecule has 11 heavy (non-hydrogen) atoms. The van der Waals surface area contributed by atoms with Gasteiger partial charge in [0.05, 0.1) is 0 Å². The van der Waals surface area contributed by atoms with E-state index >= 15 is 0 Å². The highest BCUT2D eigenvalue weighted by atomic mass is 31.2. The van der Waals surface area contributed by atoms with Gasteiger partial charge in [0.15, 0.2) is 0 Å². The Labute approximate surface area is 66.1 Å². The van der Waals surface area contributed by atoms with E-state index in [9.17, 15) is 9.46 Å². The fourth-order valence-corrected chi connectivity index (χ4v) is 2.50. The SMILES string of the molecule is C=C[C@H]1C[C@]1(N)P(=O)(O)C=C. The molecule has 0 aliphatic heterocycles. The van der Waals surface area contributed by atoms with Gasteiger partial charge in [0, 0.05) is 5.92 Å². The first kappa shape index (κ1) is 8.72. The summed E-state index contributed by atoms with van der Waals surface area (Å²) in [6, 6.07) is 0. The molecule has 0 heterocycles. The summed E-state index contributed by atoms with van der Waals surface area (Å²) in [6.07, 6.45) is 2.16. The fourth-order valence-electron chi connectivity index (χ4n) is 1.12. The second kappa shape index (κ2) is 2.31. The molecule has 0 aromatic rings. The van der Waals surface area contributed by atoms with Crippen LogP contribution >= 0.6 is 7.37 Å². The number of hydrogen-bond donors (Lipinski definition) is 2. The predicted molar refractivity (Wildman–Crippen MR) is 45.2 cm³/mol. The van der Waals surface area contributed by atoms with Crippen molar-refractivity contribution in [2.45, 2.75) is 11.7 Å². The molecule has 0 aromatic heterocycles. The standard InChI is InChI=1S/C7H12NO2P/c1-3-6-5-7(6,8)11(9,10)4-2/h3-4,6H,1-2,5,8H2,(H,9,10)/t6-,7-/m0/s1. The van der Waals surface area contributed by atoms with Gasteiger partial charge in [-0.05, 0) is 12.2 Å². The lowest BCUT2D eigenvalue weighted by atomic mass is 10.4. The van der Waals surface area contributed by atoms with Gasteiger partial charge in [-0.3, -0.25) is 4.57 Å². The zero-order valence-corrected chi connectivity index (χ0v) is 7.13. The Morgan fingerprint density at radius 1 is 1.73 bits per heavy atom. The quantitative estimate of drug-likeness (QED) is 0.498. The molecule has 0 radical (unpaired) electrons. The van der Waals surface area contributed by atoms with Crippen LogP contribution in [0.5, 0.6) is 0 Å². The van der Waals surface area contributed by atoms with E-state index in [-0.39, 0.29) is 5.92 Å². The van der Waals surface area contributed by atoms with E-state index in [2.05, 4.69) is 13.2 Å². The lowest BCUT2D eigenvalue weighted by Crippen LogP contribution is -2.23. The maximum atomic E-state index is 11.3. The molecule has 1 saturated carbocycles. The molecule has 0 saturated heterocycles. The minimum atomic E-state index is -3.35. The van der Waals surface area contributed by atoms with E-state index in [0.717, 1.165) is 5.82 Å². The second-order valence-corrected chi connectivity index (χ2v) is 5.29. The summed E-state index contributed by atoms with van der Waals surface area (Å²) < 4.78 is 11.3. The number of rotatable bonds is 3. The van der Waals surface area contributed by atoms with Crippen molar-refractivity contribution < 1.29 is 9.46 Å². The Kier molecular flexibility index (Phi) is 1.83. The van der Waals surface area contributed by atoms with Gasteiger partial charge in [-0.2, -0.15) is 0 Å². The molecule has 0 amide bonds. The van der Waals surface area contributed by atoms with E-state index in [0.29, 0.717) is 6.42 Å². The van der Waals surface area contributed by atoms with Crippen LogP contribution in [0, 0.1) is 5.92 Å². The molecule has 0 spiro atoms. The van der Waals surface area contributed by atoms with Crippen molar-refractivity contribution in [2.75, 3.05) is 0 Å². The summed E-state index contributed by atoms with van der Waals surface area (Å²) >= 11 is 0. The Hall–Kier alpha value is -0.370. The average molecular weight is 173 g/mol. The maximum absolute atomic E-state index is 11.3. The van der Waals surface area contributed by atoms with Gasteiger partial charge in [0.1, 0.15) is 5.28 Å². The largest absolute Gasteiger partial charge is 0.340 e. The normalized spacial score (nSPS) is 40.7. The molecule has 4 heteroatoms. The van der Waals surface area contributed by atoms with Crippen LogP contribution < -0.4 is 5.73 Å². The summed E-state index contributed by atoms with van der Waals surface area (Å²) in [5.74, 6) is 1.02. The summed E-state index contributed by atoms with van der Waals surface area (Å²) in [5.41, 5.74) is 5.63. The van der Waals surface area contributed by atoms with Crippen LogP contribution in [0.1, 0.15) is 6.42 Å². The molecule has 3 atom stereocenters. The van der Waals surface area contributed by atoms with Crippen LogP contribution in [0.15, 0.2) is 25.1 Å². The number of hydrogen-bond acceptors (Lipinski definition) is 2. The lowest BCUT2D eigenvalue weighted by Gasteiger charge is -2.14. The molecule has 3 N–H and O–H groups in total. The number of nitrogens with two attached hydrogens (primary N) is 1. The fraction of sp³-hybridized carbons (Fsp3) is 0.429. The van der Waals surface area contributed by atoms with Crippen LogP contribution in [0.4, 0.5) is 0 Å². The highest BCUT2D eigenvalue weighted by Gasteiger charge is 2.60. The Balaban J connectivity index is 2.86. The van der Waals surface area contributed by atoms with Crippen molar-refractivity contribution in [3.8, 4) is 0 Å². The molecule has 1 fully saturated rings. The van der Waals surface area contributed by atoms with E-state index in [1.54, 1.807) is 6.08 Å². The minimum absolute atomic E-state index is 0.0312. The third kappa shape index (κ3) is 1.09. The lowest BCUT2D eigenvalue weighted by molar-refractivity contribution is 0.469. The smallest absolute Gasteiger partial charge is 0.241 e. The van der Waals surface area contributed by atoms with Crippen molar-refractivity contribution in [2.24, 2.45) is 11.7 Å². The van der Waals surface area contributed by atoms with Crippen molar-refractivity contribution in [3.63, 3.8) is 0 Å². The third-order valence-corrected chi connectivity index (χ3v) is 4.36. The Morgan fingerprint density at radius 3 is 2.55 bits per heavy atom. The molecule has 1 unspecified atom stereocenters. The van der Waals surface area contributed by atoms with Crippen molar-refractivity contribution >= 4 is 7.37 Å². The van der Waals surface area contributed by atoms with E-state index in [4.69, 9.17) is 5.73 Å². The first-order valence-corrected chi connectivity index (χ1v) is 5.08. The van der Waals surface area contributed by atoms with Gasteiger partial charge >= 0.3 is 0 Å². The van der Waals surface area contributed by atoms with Crippen LogP contribution in [-0.2, 0) is 4.57 Å². The Bertz CT molecular complexity index is 251. The summed E-state index contributed by atoms with van der Waals surface area (Å²) in [5, 5.41) is -0.962. The third-order valence-electron chi connectivity index (χ3n) is 2.16. The van der Waals surface area contributed by atoms with Crippen LogP contribution in [0.2, 0.25) is 0 Å². The highest BCUT2D eigenvalue weighted by Crippen LogP contribution is 2.68. The molecular weight excluding hydrogens is 161 g/mol. The molecule has 3 nitrogen and oxygen atoms in total. The van der Waals surface area contributed by atoms with Crippen molar-refractivity contribution in [3.05, 3.63) is 25.1 Å². The summed E-state index contributed by atoms with van der Waals surface area (Å²) in [7, 11) is -3.35. The molecule has 62 valence electrons. The first-order chi connectivity index (χ1) is 4.98. The summed E-state index contributed by atoms with van der Waals surface area (Å²) in [4.78, 5) is 9.29. The monoisotopic (exact) mass is 173 g/mol. The molecule has 1 aliphatic rings. The zero-order chi connectivity index (χ0) is 8.70. The van der Waals surface area contributed by atoms with Crippen LogP contribution in [-0.4, -0.2) is 10.2 Å². The molecule has 0 bridgehead atoms. The van der Waals surface area contributed by atoms with E-state index in [1.807, 2.05) is 0 Å². The van der Waals surface area contributed by atoms with Gasteiger partial charge in [-0.15, -0.1) is 6.58 Å². The van der Waals surface area contributed by atoms with E-state index < -0.39 is 12.6 Å². The van der Waals surface area contributed by atoms with Crippen LogP contribution in [0.3, 0.4) is 0 Å². The molecular formula is C7H12NO2P. The molecule has 1 aliphatic carbocycles. The van der Waals surface area contributed by atoms with Crippen molar-refractivity contribution in [1.82, 2.24) is 0 Å². The average Bonchev–Trinajstić information content (AvgIpc) is 2.64. The van der Waals surface area contributed by atoms with E-state index in [1.165, 1.54) is 0 Å². The van der Waals surface area contributed by atoms with Gasteiger partial charge in [0.25, 0.3) is 0 Å². The predicted octanol–water partition coefficient (Wildman–Crippen LogP) is 1.26. The summed E-state index contributed by atoms with van der Waals surface area (Å²) in [6.45, 7) is 6.80. The topological polar surface area (TPSA) is 63.3 Å². The van der Waals surface area contributed by atoms with Gasteiger partial charge in [-0.1, -0.05) is 12.7 Å². The van der Waals surface area contributed by atoms with Gasteiger partial charge < -0.3 is 10.6 Å². The molecule has 0 aromatic carbocycles. The van der Waals surface area contributed by atoms with Gasteiger partial charge in [-0.25, -0.2) is 0 Å². The highest BCUT2D eigenvalue weighted by molar-refractivity contribution is 7.63. The van der Waals surface area contributed by atoms with Crippen LogP contribution in [0.25, 0.3) is 0 Å². The second-order valence-electron chi connectivity index (χ2n) is 2.84. The molecule has 1 rings (SSSR count). The van der Waals surface area contributed by atoms with Crippen molar-refractivity contribution in [1.29, 1.82) is 0 Å². The minimum Gasteiger partial charge on any atom is -0.340 e. The first-order valence-electron chi connectivity index (χ1n) is 3.35. The maximum Gasteiger partial charge on any atom is 0.241 e. The zero-order valence-electron chi connectivity index (χ0n) is 6.23. The Morgan fingerprint density at radius 2 is 2.27 bits per heavy atom.